The fourth-order valence-corrected chi connectivity index (χ4v) is 6.21. The molecule has 43 heavy (non-hydrogen) atoms. The second-order valence-corrected chi connectivity index (χ2v) is 12.0. The first-order valence-corrected chi connectivity index (χ1v) is 15.0. The van der Waals surface area contributed by atoms with Crippen molar-refractivity contribution in [2.24, 2.45) is 0 Å². The van der Waals surface area contributed by atoms with Gasteiger partial charge in [-0.15, -0.1) is 0 Å². The van der Waals surface area contributed by atoms with Crippen molar-refractivity contribution in [1.29, 1.82) is 0 Å². The number of carbonyl (C=O) groups excluding carboxylic acids is 2. The Morgan fingerprint density at radius 3 is 2.58 bits per heavy atom. The molecule has 1 aliphatic heterocycles. The largest absolute Gasteiger partial charge is 0.493 e. The first kappa shape index (κ1) is 28.9. The predicted molar refractivity (Wildman–Crippen MR) is 169 cm³/mol. The third-order valence-corrected chi connectivity index (χ3v) is 8.67. The van der Waals surface area contributed by atoms with E-state index in [-0.39, 0.29) is 11.8 Å². The summed E-state index contributed by atoms with van der Waals surface area (Å²) in [6.07, 6.45) is 1.43. The van der Waals surface area contributed by atoms with Gasteiger partial charge in [0, 0.05) is 16.4 Å². The van der Waals surface area contributed by atoms with Gasteiger partial charge in [-0.25, -0.2) is 4.98 Å². The van der Waals surface area contributed by atoms with E-state index in [1.165, 1.54) is 4.90 Å². The first-order chi connectivity index (χ1) is 20.7. The second kappa shape index (κ2) is 11.5. The highest BCUT2D eigenvalue weighted by Crippen LogP contribution is 2.41. The minimum absolute atomic E-state index is 0.210. The molecule has 0 atom stereocenters. The number of para-hydroxylation sites is 1. The van der Waals surface area contributed by atoms with Crippen molar-refractivity contribution >= 4 is 49.7 Å². The van der Waals surface area contributed by atoms with Gasteiger partial charge in [0.15, 0.2) is 23.1 Å². The van der Waals surface area contributed by atoms with Gasteiger partial charge in [-0.3, -0.25) is 14.5 Å². The molecule has 1 aliphatic rings. The number of hydrogen-bond acceptors (Lipinski definition) is 7. The van der Waals surface area contributed by atoms with Gasteiger partial charge in [-0.1, -0.05) is 24.3 Å². The predicted octanol–water partition coefficient (Wildman–Crippen LogP) is 6.24. The molecule has 0 radical (unpaired) electrons. The molecule has 0 spiro atoms. The summed E-state index contributed by atoms with van der Waals surface area (Å²) < 4.78 is 17.4. The Hall–Kier alpha value is -4.15. The number of methoxy groups -OCH3 is 2. The van der Waals surface area contributed by atoms with Crippen LogP contribution in [0.25, 0.3) is 33.6 Å². The summed E-state index contributed by atoms with van der Waals surface area (Å²) in [7, 11) is 3.24. The molecule has 0 saturated heterocycles. The fourth-order valence-electron chi connectivity index (χ4n) is 5.70. The number of H-pyrrole nitrogens is 1. The molecular formula is C33H33BrN4O5. The quantitative estimate of drug-likeness (QED) is 0.137. The molecule has 0 unspecified atom stereocenters. The van der Waals surface area contributed by atoms with E-state index in [1.807, 2.05) is 68.4 Å². The maximum atomic E-state index is 13.9. The molecule has 6 rings (SSSR count). The van der Waals surface area contributed by atoms with Gasteiger partial charge in [-0.05, 0) is 97.2 Å². The van der Waals surface area contributed by atoms with Crippen molar-refractivity contribution in [3.63, 3.8) is 0 Å². The third kappa shape index (κ3) is 5.19. The number of ether oxygens (including phenoxy) is 2. The third-order valence-electron chi connectivity index (χ3n) is 8.07. The van der Waals surface area contributed by atoms with E-state index in [9.17, 15) is 9.59 Å². The normalized spacial score (nSPS) is 14.5. The van der Waals surface area contributed by atoms with Gasteiger partial charge in [0.25, 0.3) is 5.91 Å². The zero-order valence-corrected chi connectivity index (χ0v) is 26.1. The maximum Gasteiger partial charge on any atom is 0.262 e. The summed E-state index contributed by atoms with van der Waals surface area (Å²) >= 11 is 3.63. The van der Waals surface area contributed by atoms with Crippen LogP contribution in [0.15, 0.2) is 63.5 Å². The van der Waals surface area contributed by atoms with Crippen LogP contribution in [0.2, 0.25) is 0 Å². The molecule has 10 heteroatoms. The summed E-state index contributed by atoms with van der Waals surface area (Å²) in [6, 6.07) is 17.4. The number of nitrogens with one attached hydrogen (secondary N) is 2. The average molecular weight is 646 g/mol. The van der Waals surface area contributed by atoms with E-state index in [0.717, 1.165) is 29.5 Å². The zero-order valence-electron chi connectivity index (χ0n) is 24.5. The van der Waals surface area contributed by atoms with Crippen LogP contribution in [0.4, 0.5) is 0 Å². The van der Waals surface area contributed by atoms with Gasteiger partial charge in [0.05, 0.1) is 30.7 Å². The molecule has 3 heterocycles. The molecule has 9 nitrogen and oxygen atoms in total. The lowest BCUT2D eigenvalue weighted by molar-refractivity contribution is -0.134. The Bertz CT molecular complexity index is 1820. The van der Waals surface area contributed by atoms with E-state index in [2.05, 4.69) is 26.2 Å². The van der Waals surface area contributed by atoms with Gasteiger partial charge < -0.3 is 24.2 Å². The van der Waals surface area contributed by atoms with Gasteiger partial charge in [0.1, 0.15) is 11.1 Å². The number of carbonyl (C=O) groups is 2. The van der Waals surface area contributed by atoms with Crippen molar-refractivity contribution in [1.82, 2.24) is 20.2 Å². The number of imide groups is 1. The molecule has 2 aromatic heterocycles. The van der Waals surface area contributed by atoms with Crippen molar-refractivity contribution in [3.8, 4) is 23.1 Å². The highest BCUT2D eigenvalue weighted by Gasteiger charge is 2.46. The van der Waals surface area contributed by atoms with Crippen LogP contribution in [-0.2, 0) is 16.6 Å². The van der Waals surface area contributed by atoms with E-state index >= 15 is 0 Å². The minimum atomic E-state index is -0.897. The van der Waals surface area contributed by atoms with Crippen LogP contribution in [0, 0.1) is 0 Å². The highest BCUT2D eigenvalue weighted by atomic mass is 79.9. The Kier molecular flexibility index (Phi) is 7.74. The summed E-state index contributed by atoms with van der Waals surface area (Å²) in [6.45, 7) is 5.45. The van der Waals surface area contributed by atoms with Crippen molar-refractivity contribution in [2.75, 3.05) is 33.9 Å². The van der Waals surface area contributed by atoms with Crippen LogP contribution in [0.1, 0.15) is 41.8 Å². The minimum Gasteiger partial charge on any atom is -0.493 e. The molecule has 0 fully saturated rings. The van der Waals surface area contributed by atoms with Crippen LogP contribution in [0.5, 0.6) is 11.5 Å². The molecule has 0 bridgehead atoms. The van der Waals surface area contributed by atoms with Crippen LogP contribution < -0.4 is 14.8 Å². The molecule has 222 valence electrons. The van der Waals surface area contributed by atoms with Crippen LogP contribution >= 0.6 is 15.9 Å². The number of furan rings is 1. The van der Waals surface area contributed by atoms with Gasteiger partial charge >= 0.3 is 0 Å². The number of aromatic amines is 1. The number of aromatic nitrogens is 2. The van der Waals surface area contributed by atoms with Crippen molar-refractivity contribution in [3.05, 3.63) is 75.8 Å². The van der Waals surface area contributed by atoms with E-state index in [4.69, 9.17) is 18.9 Å². The Morgan fingerprint density at radius 1 is 1.02 bits per heavy atom. The number of halogens is 1. The maximum absolute atomic E-state index is 13.9. The Balaban J connectivity index is 1.19. The zero-order chi connectivity index (χ0) is 30.3. The number of nitrogens with zero attached hydrogens (tertiary/aromatic N) is 2. The number of fused-ring (bicyclic) bond motifs is 4. The van der Waals surface area contributed by atoms with Crippen molar-refractivity contribution < 1.29 is 23.5 Å². The Labute approximate surface area is 257 Å². The molecule has 2 N–H and O–H groups in total. The fraction of sp³-hybridized carbons (Fsp3) is 0.303. The molecular weight excluding hydrogens is 612 g/mol. The number of amides is 2. The summed E-state index contributed by atoms with van der Waals surface area (Å²) in [4.78, 5) is 37.0. The first-order valence-electron chi connectivity index (χ1n) is 14.2. The highest BCUT2D eigenvalue weighted by molar-refractivity contribution is 9.10. The van der Waals surface area contributed by atoms with E-state index in [1.54, 1.807) is 14.2 Å². The Morgan fingerprint density at radius 2 is 1.81 bits per heavy atom. The smallest absolute Gasteiger partial charge is 0.262 e. The van der Waals surface area contributed by atoms with Crippen LogP contribution in [-0.4, -0.2) is 60.5 Å². The van der Waals surface area contributed by atoms with Gasteiger partial charge in [-0.2, -0.15) is 0 Å². The molecule has 0 saturated carbocycles. The standard InChI is InChI=1S/C33H33BrN4O5/c1-33(2)21-18-22(34)28-29(37-30(36-28)26-17-20-8-5-6-9-23(20)43-26)27(21)31(39)38(32(33)40)15-7-13-35-14-12-19-10-11-24(41-3)25(16-19)42-4/h5-6,8-11,16-18,35H,7,12-15H2,1-4H3,(H,36,37). The monoisotopic (exact) mass is 644 g/mol. The number of imidazole rings is 1. The molecule has 0 aliphatic carbocycles. The number of benzene rings is 3. The molecule has 5 aromatic rings. The average Bonchev–Trinajstić information content (AvgIpc) is 3.65. The van der Waals surface area contributed by atoms with E-state index in [0.29, 0.717) is 69.2 Å². The second-order valence-electron chi connectivity index (χ2n) is 11.2. The molecule has 2 amide bonds. The molecule has 3 aromatic carbocycles. The summed E-state index contributed by atoms with van der Waals surface area (Å²) in [5.74, 6) is 1.97. The topological polar surface area (TPSA) is 110 Å². The van der Waals surface area contributed by atoms with Crippen molar-refractivity contribution in [2.45, 2.75) is 32.1 Å². The summed E-state index contributed by atoms with van der Waals surface area (Å²) in [5, 5.41) is 4.39. The van der Waals surface area contributed by atoms with Crippen LogP contribution in [0.3, 0.4) is 0 Å². The summed E-state index contributed by atoms with van der Waals surface area (Å²) in [5.41, 5.74) is 3.33. The number of hydrogen-bond donors (Lipinski definition) is 2. The lowest BCUT2D eigenvalue weighted by Gasteiger charge is -2.37. The van der Waals surface area contributed by atoms with Gasteiger partial charge in [0.2, 0.25) is 5.91 Å². The lowest BCUT2D eigenvalue weighted by Crippen LogP contribution is -2.52. The number of rotatable bonds is 10. The lowest BCUT2D eigenvalue weighted by atomic mass is 9.76. The SMILES string of the molecule is COc1ccc(CCNCCCN2C(=O)c3c(cc(Br)c4nc(-c5cc6ccccc6o5)[nH]c34)C(C)(C)C2=O)cc1OC. The van der Waals surface area contributed by atoms with E-state index < -0.39 is 5.41 Å².